The highest BCUT2D eigenvalue weighted by molar-refractivity contribution is 6.03. The van der Waals surface area contributed by atoms with Gasteiger partial charge in [-0.05, 0) is 55.0 Å². The van der Waals surface area contributed by atoms with E-state index in [0.29, 0.717) is 6.42 Å². The molecule has 0 aromatic heterocycles. The van der Waals surface area contributed by atoms with Crippen LogP contribution in [-0.2, 0) is 4.79 Å². The largest absolute Gasteiger partial charge is 0.481 e. The number of aryl methyl sites for hydroxylation is 2. The number of ether oxygens (including phenoxy) is 1. The van der Waals surface area contributed by atoms with E-state index in [-0.39, 0.29) is 5.91 Å². The van der Waals surface area contributed by atoms with Crippen LogP contribution in [0.5, 0.6) is 5.75 Å². The molecule has 0 heterocycles. The highest BCUT2D eigenvalue weighted by atomic mass is 16.5. The summed E-state index contributed by atoms with van der Waals surface area (Å²) in [6, 6.07) is 19.8. The SMILES string of the molecule is CC[C@@H](Oc1ccc(C)c(C)c1)C(=O)Nc1cccc2ccccc12. The van der Waals surface area contributed by atoms with E-state index in [1.807, 2.05) is 74.5 Å². The third-order valence-electron chi connectivity index (χ3n) is 4.47. The summed E-state index contributed by atoms with van der Waals surface area (Å²) < 4.78 is 5.93. The lowest BCUT2D eigenvalue weighted by molar-refractivity contribution is -0.122. The summed E-state index contributed by atoms with van der Waals surface area (Å²) in [5.41, 5.74) is 3.17. The van der Waals surface area contributed by atoms with E-state index in [1.165, 1.54) is 5.56 Å². The molecular formula is C22H23NO2. The molecule has 0 aliphatic rings. The van der Waals surface area contributed by atoms with Crippen molar-refractivity contribution in [3.63, 3.8) is 0 Å². The minimum atomic E-state index is -0.527. The second-order valence-electron chi connectivity index (χ2n) is 6.28. The lowest BCUT2D eigenvalue weighted by Crippen LogP contribution is -2.32. The van der Waals surface area contributed by atoms with Crippen molar-refractivity contribution in [1.82, 2.24) is 0 Å². The number of nitrogens with one attached hydrogen (secondary N) is 1. The van der Waals surface area contributed by atoms with Gasteiger partial charge in [0.1, 0.15) is 5.75 Å². The van der Waals surface area contributed by atoms with E-state index < -0.39 is 6.10 Å². The molecule has 3 heteroatoms. The number of benzene rings is 3. The van der Waals surface area contributed by atoms with Crippen LogP contribution < -0.4 is 10.1 Å². The maximum absolute atomic E-state index is 12.7. The topological polar surface area (TPSA) is 38.3 Å². The van der Waals surface area contributed by atoms with Crippen molar-refractivity contribution in [3.8, 4) is 5.75 Å². The molecule has 0 spiro atoms. The molecular weight excluding hydrogens is 310 g/mol. The van der Waals surface area contributed by atoms with Crippen LogP contribution in [0.15, 0.2) is 60.7 Å². The van der Waals surface area contributed by atoms with Crippen molar-refractivity contribution in [2.24, 2.45) is 0 Å². The quantitative estimate of drug-likeness (QED) is 0.692. The molecule has 1 N–H and O–H groups in total. The zero-order chi connectivity index (χ0) is 17.8. The summed E-state index contributed by atoms with van der Waals surface area (Å²) in [5.74, 6) is 0.597. The molecule has 0 bridgehead atoms. The molecule has 1 amide bonds. The number of carbonyl (C=O) groups excluding carboxylic acids is 1. The lowest BCUT2D eigenvalue weighted by Gasteiger charge is -2.18. The Morgan fingerprint density at radius 2 is 1.76 bits per heavy atom. The Hall–Kier alpha value is -2.81. The predicted molar refractivity (Wildman–Crippen MR) is 103 cm³/mol. The van der Waals surface area contributed by atoms with E-state index in [4.69, 9.17) is 4.74 Å². The Morgan fingerprint density at radius 1 is 1.00 bits per heavy atom. The molecule has 3 aromatic rings. The molecule has 3 rings (SSSR count). The second-order valence-corrected chi connectivity index (χ2v) is 6.28. The summed E-state index contributed by atoms with van der Waals surface area (Å²) in [7, 11) is 0. The van der Waals surface area contributed by atoms with Gasteiger partial charge in [-0.3, -0.25) is 4.79 Å². The number of rotatable bonds is 5. The first-order valence-electron chi connectivity index (χ1n) is 8.61. The molecule has 3 aromatic carbocycles. The summed E-state index contributed by atoms with van der Waals surface area (Å²) in [4.78, 5) is 12.7. The van der Waals surface area contributed by atoms with Crippen molar-refractivity contribution in [2.45, 2.75) is 33.3 Å². The van der Waals surface area contributed by atoms with Gasteiger partial charge in [-0.1, -0.05) is 49.4 Å². The standard InChI is InChI=1S/C22H23NO2/c1-4-21(25-18-13-12-15(2)16(3)14-18)22(24)23-20-11-7-9-17-8-5-6-10-19(17)20/h5-14,21H,4H2,1-3H3,(H,23,24)/t21-/m1/s1. The Morgan fingerprint density at radius 3 is 2.52 bits per heavy atom. The van der Waals surface area contributed by atoms with Crippen LogP contribution >= 0.6 is 0 Å². The van der Waals surface area contributed by atoms with Gasteiger partial charge in [-0.2, -0.15) is 0 Å². The second kappa shape index (κ2) is 7.39. The van der Waals surface area contributed by atoms with Crippen LogP contribution in [0.1, 0.15) is 24.5 Å². The third kappa shape index (κ3) is 3.82. The Bertz CT molecular complexity index is 896. The van der Waals surface area contributed by atoms with Crippen molar-refractivity contribution < 1.29 is 9.53 Å². The fraction of sp³-hybridized carbons (Fsp3) is 0.227. The van der Waals surface area contributed by atoms with E-state index in [1.54, 1.807) is 0 Å². The third-order valence-corrected chi connectivity index (χ3v) is 4.47. The first kappa shape index (κ1) is 17.0. The fourth-order valence-corrected chi connectivity index (χ4v) is 2.82. The summed E-state index contributed by atoms with van der Waals surface area (Å²) >= 11 is 0. The minimum Gasteiger partial charge on any atom is -0.481 e. The van der Waals surface area contributed by atoms with Crippen LogP contribution in [0.25, 0.3) is 10.8 Å². The Labute approximate surface area is 148 Å². The molecule has 25 heavy (non-hydrogen) atoms. The molecule has 0 fully saturated rings. The monoisotopic (exact) mass is 333 g/mol. The highest BCUT2D eigenvalue weighted by Crippen LogP contribution is 2.24. The lowest BCUT2D eigenvalue weighted by atomic mass is 10.1. The zero-order valence-electron chi connectivity index (χ0n) is 14.9. The van der Waals surface area contributed by atoms with Crippen LogP contribution in [-0.4, -0.2) is 12.0 Å². The van der Waals surface area contributed by atoms with E-state index in [9.17, 15) is 4.79 Å². The van der Waals surface area contributed by atoms with Crippen molar-refractivity contribution in [3.05, 3.63) is 71.8 Å². The van der Waals surface area contributed by atoms with E-state index in [0.717, 1.165) is 27.8 Å². The maximum Gasteiger partial charge on any atom is 0.265 e. The predicted octanol–water partition coefficient (Wildman–Crippen LogP) is 5.25. The van der Waals surface area contributed by atoms with Gasteiger partial charge < -0.3 is 10.1 Å². The van der Waals surface area contributed by atoms with Gasteiger partial charge in [-0.15, -0.1) is 0 Å². The fourth-order valence-electron chi connectivity index (χ4n) is 2.82. The minimum absolute atomic E-state index is 0.128. The van der Waals surface area contributed by atoms with E-state index >= 15 is 0 Å². The smallest absolute Gasteiger partial charge is 0.265 e. The van der Waals surface area contributed by atoms with Gasteiger partial charge >= 0.3 is 0 Å². The van der Waals surface area contributed by atoms with Crippen molar-refractivity contribution in [2.75, 3.05) is 5.32 Å². The molecule has 0 unspecified atom stereocenters. The number of hydrogen-bond acceptors (Lipinski definition) is 2. The summed E-state index contributed by atoms with van der Waals surface area (Å²) in [5, 5.41) is 5.15. The Balaban J connectivity index is 1.79. The highest BCUT2D eigenvalue weighted by Gasteiger charge is 2.19. The molecule has 128 valence electrons. The average Bonchev–Trinajstić information content (AvgIpc) is 2.63. The first-order valence-corrected chi connectivity index (χ1v) is 8.61. The zero-order valence-corrected chi connectivity index (χ0v) is 14.9. The summed E-state index contributed by atoms with van der Waals surface area (Å²) in [6.45, 7) is 6.05. The number of fused-ring (bicyclic) bond motifs is 1. The summed E-state index contributed by atoms with van der Waals surface area (Å²) in [6.07, 6.45) is 0.0739. The Kier molecular flexibility index (Phi) is 5.03. The molecule has 0 aliphatic carbocycles. The average molecular weight is 333 g/mol. The number of anilines is 1. The van der Waals surface area contributed by atoms with Gasteiger partial charge in [0.05, 0.1) is 0 Å². The molecule has 0 radical (unpaired) electrons. The van der Waals surface area contributed by atoms with Crippen LogP contribution in [0.2, 0.25) is 0 Å². The van der Waals surface area contributed by atoms with E-state index in [2.05, 4.69) is 12.2 Å². The first-order chi connectivity index (χ1) is 12.1. The molecule has 3 nitrogen and oxygen atoms in total. The molecule has 0 saturated heterocycles. The van der Waals surface area contributed by atoms with Crippen molar-refractivity contribution in [1.29, 1.82) is 0 Å². The molecule has 1 atom stereocenters. The van der Waals surface area contributed by atoms with Gasteiger partial charge in [0.25, 0.3) is 5.91 Å². The van der Waals surface area contributed by atoms with Crippen LogP contribution in [0.3, 0.4) is 0 Å². The van der Waals surface area contributed by atoms with Gasteiger partial charge in [0.2, 0.25) is 0 Å². The number of amides is 1. The molecule has 0 saturated carbocycles. The molecule has 0 aliphatic heterocycles. The van der Waals surface area contributed by atoms with Crippen molar-refractivity contribution >= 4 is 22.4 Å². The number of hydrogen-bond donors (Lipinski definition) is 1. The normalized spacial score (nSPS) is 12.0. The van der Waals surface area contributed by atoms with Crippen LogP contribution in [0, 0.1) is 13.8 Å². The number of carbonyl (C=O) groups is 1. The van der Waals surface area contributed by atoms with Gasteiger partial charge in [0.15, 0.2) is 6.10 Å². The van der Waals surface area contributed by atoms with Gasteiger partial charge in [0, 0.05) is 11.1 Å². The van der Waals surface area contributed by atoms with Gasteiger partial charge in [-0.25, -0.2) is 0 Å². The maximum atomic E-state index is 12.7. The van der Waals surface area contributed by atoms with Crippen LogP contribution in [0.4, 0.5) is 5.69 Å².